The van der Waals surface area contributed by atoms with Crippen molar-refractivity contribution < 1.29 is 4.92 Å². The molecule has 0 aliphatic carbocycles. The monoisotopic (exact) mass is 217 g/mol. The van der Waals surface area contributed by atoms with Gasteiger partial charge in [-0.25, -0.2) is 0 Å². The van der Waals surface area contributed by atoms with E-state index in [1.807, 2.05) is 12.3 Å². The molecule has 0 bridgehead atoms. The number of hydrogen-bond acceptors (Lipinski definition) is 3. The summed E-state index contributed by atoms with van der Waals surface area (Å²) in [7, 11) is 0. The number of halogens is 1. The summed E-state index contributed by atoms with van der Waals surface area (Å²) in [6.07, 6.45) is 1.87. The van der Waals surface area contributed by atoms with E-state index in [0.29, 0.717) is 5.56 Å². The maximum Gasteiger partial charge on any atom is 0.274 e. The van der Waals surface area contributed by atoms with Crippen molar-refractivity contribution in [3.05, 3.63) is 33.9 Å². The predicted molar refractivity (Wildman–Crippen MR) is 54.4 cm³/mol. The average molecular weight is 218 g/mol. The molecule has 1 aromatic carbocycles. The molecular formula is C8H8ClNO2S. The fraction of sp³-hybridized carbons (Fsp3) is 0.250. The van der Waals surface area contributed by atoms with Crippen LogP contribution >= 0.6 is 23.4 Å². The van der Waals surface area contributed by atoms with Crippen molar-refractivity contribution in [1.82, 2.24) is 0 Å². The van der Waals surface area contributed by atoms with Crippen LogP contribution in [-0.2, 0) is 5.88 Å². The van der Waals surface area contributed by atoms with Crippen LogP contribution in [0.3, 0.4) is 0 Å². The van der Waals surface area contributed by atoms with E-state index < -0.39 is 4.92 Å². The SMILES string of the molecule is CSc1ccc(CCl)c([N+](=O)[O-])c1. The fourth-order valence-corrected chi connectivity index (χ4v) is 1.61. The van der Waals surface area contributed by atoms with Crippen LogP contribution in [0.4, 0.5) is 5.69 Å². The van der Waals surface area contributed by atoms with Crippen molar-refractivity contribution in [2.24, 2.45) is 0 Å². The second-order valence-corrected chi connectivity index (χ2v) is 3.53. The third-order valence-electron chi connectivity index (χ3n) is 1.63. The number of hydrogen-bond donors (Lipinski definition) is 0. The fourth-order valence-electron chi connectivity index (χ4n) is 0.954. The van der Waals surface area contributed by atoms with E-state index in [1.165, 1.54) is 11.8 Å². The summed E-state index contributed by atoms with van der Waals surface area (Å²) in [5, 5.41) is 10.6. The highest BCUT2D eigenvalue weighted by Gasteiger charge is 2.12. The minimum Gasteiger partial charge on any atom is -0.258 e. The van der Waals surface area contributed by atoms with Crippen LogP contribution in [0, 0.1) is 10.1 Å². The molecule has 0 amide bonds. The molecule has 70 valence electrons. The standard InChI is InChI=1S/C8H8ClNO2S/c1-13-7-3-2-6(5-9)8(4-7)10(11)12/h2-4H,5H2,1H3. The van der Waals surface area contributed by atoms with Crippen LogP contribution in [-0.4, -0.2) is 11.2 Å². The van der Waals surface area contributed by atoms with Gasteiger partial charge in [-0.1, -0.05) is 0 Å². The van der Waals surface area contributed by atoms with Crippen molar-refractivity contribution in [2.75, 3.05) is 6.26 Å². The van der Waals surface area contributed by atoms with Crippen molar-refractivity contribution in [2.45, 2.75) is 10.8 Å². The minimum absolute atomic E-state index is 0.0989. The molecule has 0 atom stereocenters. The largest absolute Gasteiger partial charge is 0.274 e. The van der Waals surface area contributed by atoms with Crippen LogP contribution in [0.5, 0.6) is 0 Å². The Balaban J connectivity index is 3.18. The van der Waals surface area contributed by atoms with Gasteiger partial charge in [-0.2, -0.15) is 0 Å². The first-order chi connectivity index (χ1) is 6.19. The molecule has 0 aromatic heterocycles. The Labute approximate surface area is 85.2 Å². The predicted octanol–water partition coefficient (Wildman–Crippen LogP) is 3.06. The number of alkyl halides is 1. The average Bonchev–Trinajstić information content (AvgIpc) is 2.16. The Morgan fingerprint density at radius 1 is 1.62 bits per heavy atom. The van der Waals surface area contributed by atoms with Gasteiger partial charge in [0.1, 0.15) is 0 Å². The molecule has 1 rings (SSSR count). The zero-order chi connectivity index (χ0) is 9.84. The molecule has 0 saturated heterocycles. The summed E-state index contributed by atoms with van der Waals surface area (Å²) in [5.74, 6) is 0.172. The van der Waals surface area contributed by atoms with Crippen molar-refractivity contribution in [3.8, 4) is 0 Å². The summed E-state index contributed by atoms with van der Waals surface area (Å²) in [5.41, 5.74) is 0.659. The van der Waals surface area contributed by atoms with E-state index >= 15 is 0 Å². The lowest BCUT2D eigenvalue weighted by molar-refractivity contribution is -0.385. The normalized spacial score (nSPS) is 10.0. The lowest BCUT2D eigenvalue weighted by Crippen LogP contribution is -1.93. The number of thioether (sulfide) groups is 1. The number of benzene rings is 1. The third-order valence-corrected chi connectivity index (χ3v) is 2.65. The van der Waals surface area contributed by atoms with Gasteiger partial charge in [0.05, 0.1) is 10.8 Å². The zero-order valence-corrected chi connectivity index (χ0v) is 8.56. The van der Waals surface area contributed by atoms with Crippen LogP contribution in [0.2, 0.25) is 0 Å². The molecule has 0 N–H and O–H groups in total. The summed E-state index contributed by atoms with van der Waals surface area (Å²) in [6, 6.07) is 5.06. The maximum atomic E-state index is 10.6. The molecule has 5 heteroatoms. The molecule has 0 spiro atoms. The van der Waals surface area contributed by atoms with Crippen molar-refractivity contribution >= 4 is 29.1 Å². The van der Waals surface area contributed by atoms with Gasteiger partial charge in [0.15, 0.2) is 0 Å². The lowest BCUT2D eigenvalue weighted by Gasteiger charge is -2.00. The molecule has 13 heavy (non-hydrogen) atoms. The molecule has 0 aliphatic heterocycles. The Morgan fingerprint density at radius 2 is 2.31 bits per heavy atom. The Bertz CT molecular complexity index is 330. The number of nitro groups is 1. The van der Waals surface area contributed by atoms with E-state index in [1.54, 1.807) is 12.1 Å². The summed E-state index contributed by atoms with van der Waals surface area (Å²) in [4.78, 5) is 11.1. The van der Waals surface area contributed by atoms with Gasteiger partial charge < -0.3 is 0 Å². The first-order valence-corrected chi connectivity index (χ1v) is 5.32. The van der Waals surface area contributed by atoms with E-state index in [2.05, 4.69) is 0 Å². The lowest BCUT2D eigenvalue weighted by atomic mass is 10.2. The van der Waals surface area contributed by atoms with Crippen LogP contribution in [0.15, 0.2) is 23.1 Å². The van der Waals surface area contributed by atoms with E-state index in [9.17, 15) is 10.1 Å². The van der Waals surface area contributed by atoms with Crippen LogP contribution in [0.25, 0.3) is 0 Å². The number of nitro benzene ring substituents is 1. The van der Waals surface area contributed by atoms with Crippen molar-refractivity contribution in [1.29, 1.82) is 0 Å². The maximum absolute atomic E-state index is 10.6. The second kappa shape index (κ2) is 4.48. The highest BCUT2D eigenvalue weighted by atomic mass is 35.5. The molecule has 0 heterocycles. The summed E-state index contributed by atoms with van der Waals surface area (Å²) >= 11 is 7.03. The van der Waals surface area contributed by atoms with Gasteiger partial charge in [0, 0.05) is 16.5 Å². The molecule has 0 radical (unpaired) electrons. The number of rotatable bonds is 3. The second-order valence-electron chi connectivity index (χ2n) is 2.39. The molecule has 0 saturated carbocycles. The summed E-state index contributed by atoms with van der Waals surface area (Å²) in [6.45, 7) is 0. The Morgan fingerprint density at radius 3 is 2.77 bits per heavy atom. The molecule has 0 fully saturated rings. The van der Waals surface area contributed by atoms with Gasteiger partial charge in [0.25, 0.3) is 5.69 Å². The molecule has 3 nitrogen and oxygen atoms in total. The minimum atomic E-state index is -0.405. The first-order valence-electron chi connectivity index (χ1n) is 3.56. The van der Waals surface area contributed by atoms with Crippen LogP contribution < -0.4 is 0 Å². The van der Waals surface area contributed by atoms with Gasteiger partial charge in [-0.3, -0.25) is 10.1 Å². The third kappa shape index (κ3) is 2.35. The van der Waals surface area contributed by atoms with Gasteiger partial charge in [-0.15, -0.1) is 23.4 Å². The highest BCUT2D eigenvalue weighted by Crippen LogP contribution is 2.26. The zero-order valence-electron chi connectivity index (χ0n) is 6.99. The topological polar surface area (TPSA) is 43.1 Å². The Hall–Kier alpha value is -0.740. The van der Waals surface area contributed by atoms with Gasteiger partial charge in [-0.05, 0) is 18.4 Å². The van der Waals surface area contributed by atoms with Crippen LogP contribution in [0.1, 0.15) is 5.56 Å². The van der Waals surface area contributed by atoms with Gasteiger partial charge >= 0.3 is 0 Å². The molecule has 0 aliphatic rings. The first kappa shape index (κ1) is 10.3. The molecule has 0 unspecified atom stereocenters. The smallest absolute Gasteiger partial charge is 0.258 e. The summed E-state index contributed by atoms with van der Waals surface area (Å²) < 4.78 is 0. The molecular weight excluding hydrogens is 210 g/mol. The Kier molecular flexibility index (Phi) is 3.57. The highest BCUT2D eigenvalue weighted by molar-refractivity contribution is 7.98. The quantitative estimate of drug-likeness (QED) is 0.338. The van der Waals surface area contributed by atoms with E-state index in [4.69, 9.17) is 11.6 Å². The van der Waals surface area contributed by atoms with Crippen molar-refractivity contribution in [3.63, 3.8) is 0 Å². The van der Waals surface area contributed by atoms with Gasteiger partial charge in [0.2, 0.25) is 0 Å². The van der Waals surface area contributed by atoms with E-state index in [-0.39, 0.29) is 11.6 Å². The molecule has 1 aromatic rings. The van der Waals surface area contributed by atoms with E-state index in [0.717, 1.165) is 4.90 Å². The number of nitrogens with zero attached hydrogens (tertiary/aromatic N) is 1.